The average molecular weight is 281 g/mol. The Balaban J connectivity index is 0.000000252. The van der Waals surface area contributed by atoms with Gasteiger partial charge in [-0.1, -0.05) is 43.0 Å². The first-order valence-corrected chi connectivity index (χ1v) is 7.05. The number of rotatable bonds is 3. The van der Waals surface area contributed by atoms with Crippen molar-refractivity contribution in [1.82, 2.24) is 0 Å². The number of benzene rings is 1. The molecule has 0 spiro atoms. The molecule has 0 saturated heterocycles. The first-order chi connectivity index (χ1) is 6.35. The van der Waals surface area contributed by atoms with Crippen molar-refractivity contribution < 1.29 is 0 Å². The van der Waals surface area contributed by atoms with Crippen LogP contribution in [0.1, 0.15) is 25.3 Å². The molecular weight excluding hydrogens is 263 g/mol. The summed E-state index contributed by atoms with van der Waals surface area (Å²) in [5.74, 6) is 0. The second kappa shape index (κ2) is 9.84. The molecule has 0 bridgehead atoms. The van der Waals surface area contributed by atoms with Crippen LogP contribution < -0.4 is 0 Å². The van der Waals surface area contributed by atoms with E-state index in [9.17, 15) is 0 Å². The van der Waals surface area contributed by atoms with Gasteiger partial charge in [0, 0.05) is 0 Å². The van der Waals surface area contributed by atoms with Crippen LogP contribution >= 0.6 is 0 Å². The molecule has 0 saturated carbocycles. The van der Waals surface area contributed by atoms with Gasteiger partial charge in [0.15, 0.2) is 0 Å². The Hall–Kier alpha value is -0.241. The van der Waals surface area contributed by atoms with Gasteiger partial charge in [0.05, 0.1) is 0 Å². The molecule has 0 fully saturated rings. The van der Waals surface area contributed by atoms with Gasteiger partial charge < -0.3 is 0 Å². The van der Waals surface area contributed by atoms with Crippen LogP contribution in [-0.2, 0) is 0 Å². The van der Waals surface area contributed by atoms with Gasteiger partial charge >= 0.3 is 46.7 Å². The van der Waals surface area contributed by atoms with Crippen molar-refractivity contribution in [3.8, 4) is 0 Å². The summed E-state index contributed by atoms with van der Waals surface area (Å²) in [6.45, 7) is 5.86. The number of unbranched alkanes of at least 4 members (excludes halogenated alkanes) is 1. The van der Waals surface area contributed by atoms with Crippen LogP contribution in [0.3, 0.4) is 0 Å². The van der Waals surface area contributed by atoms with E-state index >= 15 is 0 Å². The van der Waals surface area contributed by atoms with Gasteiger partial charge in [-0.3, -0.25) is 0 Å². The van der Waals surface area contributed by atoms with Crippen LogP contribution in [0.4, 0.5) is 0 Å². The Morgan fingerprint density at radius 3 is 2.15 bits per heavy atom. The van der Waals surface area contributed by atoms with Crippen molar-refractivity contribution in [1.29, 1.82) is 0 Å². The first kappa shape index (κ1) is 12.8. The molecule has 1 rings (SSSR count). The summed E-state index contributed by atoms with van der Waals surface area (Å²) in [4.78, 5) is 0. The second-order valence-electron chi connectivity index (χ2n) is 2.76. The third-order valence-corrected chi connectivity index (χ3v) is 2.76. The van der Waals surface area contributed by atoms with E-state index in [0.717, 1.165) is 0 Å². The van der Waals surface area contributed by atoms with Gasteiger partial charge in [0.1, 0.15) is 0 Å². The summed E-state index contributed by atoms with van der Waals surface area (Å²) in [5, 5.41) is 0. The minimum absolute atomic E-state index is 1.17. The van der Waals surface area contributed by atoms with Crippen LogP contribution in [0, 0.1) is 0 Å². The van der Waals surface area contributed by atoms with Crippen molar-refractivity contribution in [2.24, 2.45) is 0 Å². The Bertz CT molecular complexity index is 202. The van der Waals surface area contributed by atoms with E-state index < -0.39 is 0 Å². The molecule has 1 aromatic carbocycles. The van der Waals surface area contributed by atoms with Crippen molar-refractivity contribution in [2.75, 3.05) is 0 Å². The molecule has 0 aliphatic heterocycles. The summed E-state index contributed by atoms with van der Waals surface area (Å²) in [5.41, 5.74) is 1.17. The molecule has 0 heterocycles. The molecule has 13 heavy (non-hydrogen) atoms. The fraction of sp³-hybridized carbons (Fsp3) is 0.333. The van der Waals surface area contributed by atoms with Crippen LogP contribution in [0.25, 0.3) is 6.08 Å². The van der Waals surface area contributed by atoms with Crippen molar-refractivity contribution in [3.63, 3.8) is 0 Å². The molecule has 0 aromatic heterocycles. The third-order valence-electron chi connectivity index (χ3n) is 1.59. The van der Waals surface area contributed by atoms with E-state index in [1.165, 1.54) is 45.4 Å². The average Bonchev–Trinajstić information content (AvgIpc) is 2.21. The molecule has 0 aliphatic carbocycles. The van der Waals surface area contributed by atoms with Crippen molar-refractivity contribution in [3.05, 3.63) is 42.5 Å². The van der Waals surface area contributed by atoms with Crippen LogP contribution in [0.2, 0.25) is 4.44 Å². The van der Waals surface area contributed by atoms with E-state index in [1.807, 2.05) is 36.4 Å². The second-order valence-corrected chi connectivity index (χ2v) is 4.40. The van der Waals surface area contributed by atoms with E-state index in [1.54, 1.807) is 0 Å². The molecule has 70 valence electrons. The predicted molar refractivity (Wildman–Crippen MR) is 63.4 cm³/mol. The number of hydrogen-bond acceptors (Lipinski definition) is 0. The van der Waals surface area contributed by atoms with Crippen LogP contribution in [0.15, 0.2) is 36.9 Å². The maximum atomic E-state index is 3.63. The van der Waals surface area contributed by atoms with Gasteiger partial charge in [0.2, 0.25) is 0 Å². The molecule has 0 aliphatic rings. The Morgan fingerprint density at radius 1 is 1.31 bits per heavy atom. The Morgan fingerprint density at radius 2 is 1.92 bits per heavy atom. The monoisotopic (exact) mass is 282 g/mol. The zero-order valence-electron chi connectivity index (χ0n) is 8.37. The van der Waals surface area contributed by atoms with Crippen molar-refractivity contribution in [2.45, 2.75) is 24.2 Å². The summed E-state index contributed by atoms with van der Waals surface area (Å²) < 4.78 is 1.47. The van der Waals surface area contributed by atoms with Gasteiger partial charge in [-0.05, 0) is 5.56 Å². The minimum atomic E-state index is 1.17. The normalized spacial score (nSPS) is 8.46. The van der Waals surface area contributed by atoms with E-state index in [-0.39, 0.29) is 0 Å². The molecule has 1 heteroatoms. The molecule has 2 radical (unpaired) electrons. The number of hydrogen-bond donors (Lipinski definition) is 0. The maximum absolute atomic E-state index is 3.63. The summed E-state index contributed by atoms with van der Waals surface area (Å²) >= 11 is 1.45. The predicted octanol–water partition coefficient (Wildman–Crippen LogP) is 3.44. The standard InChI is InChI=1S/C8H8.C4H9.Sn.H/c1-2-8-6-4-3-5-7-8;1-3-4-2;;/h2-7H,1H2;1,3-4H2,2H3;;. The molecule has 1 aromatic rings. The molecule has 0 unspecified atom stereocenters. The molecule has 0 amide bonds. The van der Waals surface area contributed by atoms with E-state index in [0.29, 0.717) is 0 Å². The van der Waals surface area contributed by atoms with Gasteiger partial charge in [-0.2, -0.15) is 0 Å². The van der Waals surface area contributed by atoms with Crippen molar-refractivity contribution >= 4 is 28.6 Å². The summed E-state index contributed by atoms with van der Waals surface area (Å²) in [7, 11) is 0. The molecule has 0 N–H and O–H groups in total. The molecule has 0 nitrogen and oxygen atoms in total. The fourth-order valence-electron chi connectivity index (χ4n) is 0.793. The zero-order valence-corrected chi connectivity index (χ0v) is 11.7. The quantitative estimate of drug-likeness (QED) is 0.744. The van der Waals surface area contributed by atoms with Crippen LogP contribution in [-0.4, -0.2) is 22.5 Å². The van der Waals surface area contributed by atoms with Gasteiger partial charge in [0.25, 0.3) is 0 Å². The third kappa shape index (κ3) is 8.10. The summed E-state index contributed by atoms with van der Waals surface area (Å²) in [6.07, 6.45) is 4.66. The van der Waals surface area contributed by atoms with E-state index in [4.69, 9.17) is 0 Å². The Labute approximate surface area is 95.1 Å². The SMILES string of the molecule is C=Cc1ccccc1.CCC[CH2][SnH]. The van der Waals surface area contributed by atoms with E-state index in [2.05, 4.69) is 13.5 Å². The topological polar surface area (TPSA) is 0 Å². The summed E-state index contributed by atoms with van der Waals surface area (Å²) in [6, 6.07) is 10.0. The zero-order chi connectivity index (χ0) is 9.94. The molecular formula is C12H18Sn. The van der Waals surface area contributed by atoms with Crippen LogP contribution in [0.5, 0.6) is 0 Å². The van der Waals surface area contributed by atoms with Gasteiger partial charge in [-0.25, -0.2) is 0 Å². The first-order valence-electron chi connectivity index (χ1n) is 4.72. The Kier molecular flexibility index (Phi) is 9.66. The molecule has 0 atom stereocenters. The van der Waals surface area contributed by atoms with Gasteiger partial charge in [-0.15, -0.1) is 0 Å². The fourth-order valence-corrected chi connectivity index (χ4v) is 1.96.